The molecule has 3 aromatic rings. The van der Waals surface area contributed by atoms with E-state index in [1.165, 1.54) is 18.3 Å². The molecule has 1 aromatic carbocycles. The topological polar surface area (TPSA) is 56.7 Å². The van der Waals surface area contributed by atoms with Gasteiger partial charge in [-0.25, -0.2) is 0 Å². The van der Waals surface area contributed by atoms with E-state index in [0.717, 1.165) is 0 Å². The third kappa shape index (κ3) is 2.62. The number of halogens is 4. The van der Waals surface area contributed by atoms with Crippen LogP contribution in [0.1, 0.15) is 6.55 Å². The lowest BCUT2D eigenvalue weighted by Crippen LogP contribution is -2.02. The Balaban J connectivity index is 2.02. The summed E-state index contributed by atoms with van der Waals surface area (Å²) in [5.41, 5.74) is 0.507. The standard InChI is InChI=1S/C12H6Cl2F2N4O/c13-6-1-2-7(8(14)5-6)10-18-11(21-19-10)9-3-4-17-20(9)12(15)16/h1-5,12H. The lowest BCUT2D eigenvalue weighted by Gasteiger charge is -2.01. The fourth-order valence-electron chi connectivity index (χ4n) is 1.75. The number of benzene rings is 1. The number of alkyl halides is 2. The van der Waals surface area contributed by atoms with Gasteiger partial charge < -0.3 is 4.52 Å². The molecule has 108 valence electrons. The molecule has 9 heteroatoms. The third-order valence-electron chi connectivity index (χ3n) is 2.67. The molecule has 5 nitrogen and oxygen atoms in total. The molecular weight excluding hydrogens is 325 g/mol. The lowest BCUT2D eigenvalue weighted by atomic mass is 10.2. The Bertz CT molecular complexity index is 787. The molecule has 0 aliphatic carbocycles. The minimum absolute atomic E-state index is 0.0221. The van der Waals surface area contributed by atoms with Crippen LogP contribution in [-0.4, -0.2) is 19.9 Å². The summed E-state index contributed by atoms with van der Waals surface area (Å²) in [6.07, 6.45) is 1.22. The molecule has 0 atom stereocenters. The van der Waals surface area contributed by atoms with Crippen molar-refractivity contribution in [3.05, 3.63) is 40.5 Å². The summed E-state index contributed by atoms with van der Waals surface area (Å²) in [7, 11) is 0. The zero-order valence-corrected chi connectivity index (χ0v) is 11.7. The van der Waals surface area contributed by atoms with Crippen molar-refractivity contribution in [2.75, 3.05) is 0 Å². The summed E-state index contributed by atoms with van der Waals surface area (Å²) >= 11 is 11.8. The zero-order valence-electron chi connectivity index (χ0n) is 10.2. The highest BCUT2D eigenvalue weighted by atomic mass is 35.5. The van der Waals surface area contributed by atoms with E-state index in [-0.39, 0.29) is 17.4 Å². The smallest absolute Gasteiger partial charge is 0.332 e. The van der Waals surface area contributed by atoms with Crippen LogP contribution in [0.4, 0.5) is 8.78 Å². The van der Waals surface area contributed by atoms with E-state index in [1.807, 2.05) is 0 Å². The van der Waals surface area contributed by atoms with E-state index in [4.69, 9.17) is 27.7 Å². The summed E-state index contributed by atoms with van der Waals surface area (Å²) in [6.45, 7) is -2.80. The van der Waals surface area contributed by atoms with Gasteiger partial charge >= 0.3 is 6.55 Å². The van der Waals surface area contributed by atoms with Gasteiger partial charge in [0.1, 0.15) is 5.69 Å². The van der Waals surface area contributed by atoms with Crippen LogP contribution in [0.25, 0.3) is 23.0 Å². The molecule has 0 aliphatic heterocycles. The SMILES string of the molecule is FC(F)n1nccc1-c1nc(-c2ccc(Cl)cc2Cl)no1. The largest absolute Gasteiger partial charge is 0.333 e. The van der Waals surface area contributed by atoms with Crippen LogP contribution in [0.15, 0.2) is 35.0 Å². The van der Waals surface area contributed by atoms with E-state index in [1.54, 1.807) is 12.1 Å². The summed E-state index contributed by atoms with van der Waals surface area (Å²) in [5.74, 6) is 0.0995. The van der Waals surface area contributed by atoms with Crippen LogP contribution in [0, 0.1) is 0 Å². The summed E-state index contributed by atoms with van der Waals surface area (Å²) in [6, 6.07) is 6.11. The van der Waals surface area contributed by atoms with Crippen molar-refractivity contribution in [3.8, 4) is 23.0 Å². The molecule has 2 aromatic heterocycles. The van der Waals surface area contributed by atoms with Crippen LogP contribution in [0.5, 0.6) is 0 Å². The maximum absolute atomic E-state index is 12.8. The summed E-state index contributed by atoms with van der Waals surface area (Å²) in [4.78, 5) is 4.06. The van der Waals surface area contributed by atoms with Crippen LogP contribution in [0.2, 0.25) is 10.0 Å². The molecule has 0 N–H and O–H groups in total. The van der Waals surface area contributed by atoms with E-state index in [0.29, 0.717) is 20.3 Å². The van der Waals surface area contributed by atoms with Crippen LogP contribution in [-0.2, 0) is 0 Å². The number of hydrogen-bond acceptors (Lipinski definition) is 4. The maximum atomic E-state index is 12.8. The first kappa shape index (κ1) is 14.0. The minimum Gasteiger partial charge on any atom is -0.332 e. The second kappa shape index (κ2) is 5.42. The van der Waals surface area contributed by atoms with E-state index in [9.17, 15) is 8.78 Å². The second-order valence-electron chi connectivity index (χ2n) is 3.99. The van der Waals surface area contributed by atoms with Crippen LogP contribution < -0.4 is 0 Å². The molecule has 0 spiro atoms. The van der Waals surface area contributed by atoms with Crippen molar-refractivity contribution in [1.29, 1.82) is 0 Å². The first-order valence-corrected chi connectivity index (χ1v) is 6.43. The molecule has 0 bridgehead atoms. The Morgan fingerprint density at radius 3 is 2.71 bits per heavy atom. The fourth-order valence-corrected chi connectivity index (χ4v) is 2.24. The van der Waals surface area contributed by atoms with Gasteiger partial charge in [-0.05, 0) is 24.3 Å². The van der Waals surface area contributed by atoms with Gasteiger partial charge in [0, 0.05) is 16.8 Å². The predicted molar refractivity (Wildman–Crippen MR) is 72.2 cm³/mol. The molecule has 0 unspecified atom stereocenters. The first-order valence-electron chi connectivity index (χ1n) is 5.67. The normalized spacial score (nSPS) is 11.3. The van der Waals surface area contributed by atoms with Crippen LogP contribution in [0.3, 0.4) is 0 Å². The quantitative estimate of drug-likeness (QED) is 0.718. The van der Waals surface area contributed by atoms with E-state index < -0.39 is 6.55 Å². The molecule has 0 aliphatic rings. The lowest BCUT2D eigenvalue weighted by molar-refractivity contribution is 0.0579. The van der Waals surface area contributed by atoms with Gasteiger partial charge in [0.2, 0.25) is 5.82 Å². The van der Waals surface area contributed by atoms with Crippen molar-refractivity contribution >= 4 is 23.2 Å². The molecule has 0 radical (unpaired) electrons. The number of aromatic nitrogens is 4. The Kier molecular flexibility index (Phi) is 3.60. The van der Waals surface area contributed by atoms with Gasteiger partial charge in [-0.1, -0.05) is 28.4 Å². The summed E-state index contributed by atoms with van der Waals surface area (Å²) < 4.78 is 31.0. The molecule has 3 rings (SSSR count). The number of hydrogen-bond donors (Lipinski definition) is 0. The zero-order chi connectivity index (χ0) is 15.0. The first-order chi connectivity index (χ1) is 10.1. The van der Waals surface area contributed by atoms with Gasteiger partial charge in [-0.3, -0.25) is 0 Å². The highest BCUT2D eigenvalue weighted by molar-refractivity contribution is 6.36. The molecule has 0 saturated heterocycles. The van der Waals surface area contributed by atoms with Crippen molar-refractivity contribution in [2.45, 2.75) is 6.55 Å². The average molecular weight is 331 g/mol. The van der Waals surface area contributed by atoms with Crippen LogP contribution >= 0.6 is 23.2 Å². The monoisotopic (exact) mass is 330 g/mol. The Morgan fingerprint density at radius 1 is 1.19 bits per heavy atom. The van der Waals surface area contributed by atoms with Gasteiger partial charge in [-0.2, -0.15) is 23.5 Å². The molecule has 0 fully saturated rings. The summed E-state index contributed by atoms with van der Waals surface area (Å²) in [5, 5.41) is 8.02. The highest BCUT2D eigenvalue weighted by Crippen LogP contribution is 2.30. The van der Waals surface area contributed by atoms with Gasteiger partial charge in [0.15, 0.2) is 0 Å². The van der Waals surface area contributed by atoms with Gasteiger partial charge in [0.05, 0.1) is 5.02 Å². The van der Waals surface area contributed by atoms with Crippen molar-refractivity contribution < 1.29 is 13.3 Å². The third-order valence-corrected chi connectivity index (χ3v) is 3.22. The average Bonchev–Trinajstić information content (AvgIpc) is 3.06. The molecular formula is C12H6Cl2F2N4O. The number of nitrogens with zero attached hydrogens (tertiary/aromatic N) is 4. The highest BCUT2D eigenvalue weighted by Gasteiger charge is 2.19. The van der Waals surface area contributed by atoms with Crippen molar-refractivity contribution in [3.63, 3.8) is 0 Å². The molecule has 0 amide bonds. The predicted octanol–water partition coefficient (Wildman–Crippen LogP) is 4.30. The maximum Gasteiger partial charge on any atom is 0.333 e. The van der Waals surface area contributed by atoms with E-state index >= 15 is 0 Å². The Morgan fingerprint density at radius 2 is 2.00 bits per heavy atom. The van der Waals surface area contributed by atoms with E-state index in [2.05, 4.69) is 15.2 Å². The molecule has 2 heterocycles. The Labute approximate surface area is 127 Å². The fraction of sp³-hybridized carbons (Fsp3) is 0.0833. The van der Waals surface area contributed by atoms with Gasteiger partial charge in [-0.15, -0.1) is 0 Å². The molecule has 0 saturated carbocycles. The van der Waals surface area contributed by atoms with Crippen molar-refractivity contribution in [2.24, 2.45) is 0 Å². The van der Waals surface area contributed by atoms with Crippen molar-refractivity contribution in [1.82, 2.24) is 19.9 Å². The minimum atomic E-state index is -2.80. The number of rotatable bonds is 3. The molecule has 21 heavy (non-hydrogen) atoms. The van der Waals surface area contributed by atoms with Gasteiger partial charge in [0.25, 0.3) is 5.89 Å². The Hall–Kier alpha value is -1.99. The second-order valence-corrected chi connectivity index (χ2v) is 4.83.